The fourth-order valence-electron chi connectivity index (χ4n) is 4.08. The van der Waals surface area contributed by atoms with E-state index in [0.717, 1.165) is 5.41 Å². The SMILES string of the molecule is COC(=O)c1cn([C@@H]2OC(CO[Si](C)(C)C(C)(C)C)C3(OS(=O)(=O)C=C3NC(C)=O)[C@H]2O[Si](C)(C)C(C)(C)C)nn1. The Kier molecular flexibility index (Phi) is 8.96. The zero-order valence-electron chi connectivity index (χ0n) is 26.0. The molecule has 1 N–H and O–H groups in total. The van der Waals surface area contributed by atoms with Gasteiger partial charge in [0.1, 0.15) is 12.2 Å². The first-order valence-electron chi connectivity index (χ1n) is 13.4. The van der Waals surface area contributed by atoms with Crippen molar-refractivity contribution in [1.29, 1.82) is 0 Å². The highest BCUT2D eigenvalue weighted by Crippen LogP contribution is 2.52. The molecule has 4 atom stereocenters. The lowest BCUT2D eigenvalue weighted by atomic mass is 9.89. The van der Waals surface area contributed by atoms with Crippen LogP contribution in [0.5, 0.6) is 0 Å². The molecule has 0 bridgehead atoms. The van der Waals surface area contributed by atoms with Crippen LogP contribution in [0.3, 0.4) is 0 Å². The van der Waals surface area contributed by atoms with Crippen molar-refractivity contribution < 1.29 is 40.5 Å². The average molecular weight is 633 g/mol. The van der Waals surface area contributed by atoms with Crippen molar-refractivity contribution >= 4 is 38.6 Å². The fraction of sp³-hybridized carbons (Fsp3) is 0.760. The zero-order valence-corrected chi connectivity index (χ0v) is 28.8. The van der Waals surface area contributed by atoms with Gasteiger partial charge in [-0.25, -0.2) is 13.7 Å². The van der Waals surface area contributed by atoms with Crippen LogP contribution in [0.4, 0.5) is 0 Å². The largest absolute Gasteiger partial charge is 0.464 e. The number of methoxy groups -OCH3 is 1. The third-order valence-corrected chi connectivity index (χ3v) is 18.5. The number of carbonyl (C=O) groups excluding carboxylic acids is 2. The molecular formula is C25H44N4O9SSi2. The Balaban J connectivity index is 2.25. The van der Waals surface area contributed by atoms with E-state index in [1.807, 2.05) is 33.9 Å². The number of amides is 1. The highest BCUT2D eigenvalue weighted by atomic mass is 32.2. The van der Waals surface area contributed by atoms with E-state index >= 15 is 0 Å². The van der Waals surface area contributed by atoms with Gasteiger partial charge in [-0.2, -0.15) is 8.42 Å². The molecule has 1 aromatic rings. The van der Waals surface area contributed by atoms with E-state index < -0.39 is 62.7 Å². The first kappa shape index (κ1) is 33.5. The topological polar surface area (TPSA) is 157 Å². The van der Waals surface area contributed by atoms with E-state index in [1.165, 1.54) is 24.9 Å². The summed E-state index contributed by atoms with van der Waals surface area (Å²) in [6, 6.07) is 0. The summed E-state index contributed by atoms with van der Waals surface area (Å²) < 4.78 is 58.1. The molecule has 1 aromatic heterocycles. The number of nitrogens with one attached hydrogen (secondary N) is 1. The predicted molar refractivity (Wildman–Crippen MR) is 155 cm³/mol. The number of nitrogens with zero attached hydrogens (tertiary/aromatic N) is 3. The third-order valence-electron chi connectivity index (χ3n) is 8.51. The van der Waals surface area contributed by atoms with Crippen LogP contribution in [0.15, 0.2) is 17.3 Å². The van der Waals surface area contributed by atoms with Gasteiger partial charge in [-0.15, -0.1) is 5.10 Å². The van der Waals surface area contributed by atoms with Gasteiger partial charge in [0, 0.05) is 6.92 Å². The first-order chi connectivity index (χ1) is 18.5. The summed E-state index contributed by atoms with van der Waals surface area (Å²) in [4.78, 5) is 24.5. The molecule has 3 heterocycles. The van der Waals surface area contributed by atoms with Crippen LogP contribution in [0.2, 0.25) is 36.3 Å². The monoisotopic (exact) mass is 632 g/mol. The fourth-order valence-corrected chi connectivity index (χ4v) is 7.62. The number of hydrogen-bond acceptors (Lipinski definition) is 11. The summed E-state index contributed by atoms with van der Waals surface area (Å²) >= 11 is 0. The van der Waals surface area contributed by atoms with Gasteiger partial charge in [0.05, 0.1) is 31.0 Å². The van der Waals surface area contributed by atoms with E-state index in [2.05, 4.69) is 49.5 Å². The van der Waals surface area contributed by atoms with Crippen LogP contribution < -0.4 is 5.32 Å². The molecule has 0 radical (unpaired) electrons. The molecule has 16 heteroatoms. The third kappa shape index (κ3) is 6.52. The molecule has 232 valence electrons. The molecule has 41 heavy (non-hydrogen) atoms. The molecular weight excluding hydrogens is 589 g/mol. The Morgan fingerprint density at radius 3 is 2.20 bits per heavy atom. The molecule has 3 rings (SSSR count). The maximum Gasteiger partial charge on any atom is 0.360 e. The van der Waals surface area contributed by atoms with Crippen LogP contribution >= 0.6 is 0 Å². The number of rotatable bonds is 8. The summed E-state index contributed by atoms with van der Waals surface area (Å²) in [6.07, 6.45) is -1.96. The highest BCUT2D eigenvalue weighted by Gasteiger charge is 2.68. The van der Waals surface area contributed by atoms with Crippen molar-refractivity contribution in [3.05, 3.63) is 23.0 Å². The summed E-state index contributed by atoms with van der Waals surface area (Å²) in [5.74, 6) is -1.20. The minimum absolute atomic E-state index is 0.0200. The lowest BCUT2D eigenvalue weighted by Crippen LogP contribution is -2.59. The maximum absolute atomic E-state index is 13.1. The maximum atomic E-state index is 13.1. The number of hydrogen-bond donors (Lipinski definition) is 1. The van der Waals surface area contributed by atoms with E-state index in [1.54, 1.807) is 0 Å². The molecule has 0 saturated carbocycles. The number of esters is 1. The molecule has 1 amide bonds. The van der Waals surface area contributed by atoms with E-state index in [9.17, 15) is 18.0 Å². The second-order valence-electron chi connectivity index (χ2n) is 13.5. The first-order valence-corrected chi connectivity index (χ1v) is 20.7. The van der Waals surface area contributed by atoms with Crippen molar-refractivity contribution in [1.82, 2.24) is 20.3 Å². The molecule has 1 spiro atoms. The smallest absolute Gasteiger partial charge is 0.360 e. The van der Waals surface area contributed by atoms with Crippen molar-refractivity contribution in [2.24, 2.45) is 0 Å². The van der Waals surface area contributed by atoms with E-state index in [0.29, 0.717) is 0 Å². The standard InChI is InChI=1S/C25H44N4O9SSi2/c1-16(30)26-18-15-39(32,33)38-25(18)19(14-35-40(9,10)23(2,3)4)36-21(20(25)37-41(11,12)24(5,6)7)29-13-17(27-28-29)22(31)34-8/h13,15,19-21H,14H2,1-12H3,(H,26,30)/t19?,20-,21+,25?/m0/s1. The number of carbonyl (C=O) groups is 2. The van der Waals surface area contributed by atoms with E-state index in [4.69, 9.17) is 22.5 Å². The van der Waals surface area contributed by atoms with Gasteiger partial charge in [0.15, 0.2) is 34.2 Å². The number of ether oxygens (including phenoxy) is 2. The zero-order chi connectivity index (χ0) is 31.4. The summed E-state index contributed by atoms with van der Waals surface area (Å²) in [5, 5.41) is 11.1. The Bertz CT molecular complexity index is 1310. The predicted octanol–water partition coefficient (Wildman–Crippen LogP) is 3.45. The van der Waals surface area contributed by atoms with Crippen molar-refractivity contribution in [2.45, 2.75) is 109 Å². The molecule has 2 aliphatic heterocycles. The van der Waals surface area contributed by atoms with Crippen LogP contribution in [-0.4, -0.2) is 83.4 Å². The Morgan fingerprint density at radius 1 is 1.10 bits per heavy atom. The average Bonchev–Trinajstić information content (AvgIpc) is 3.45. The van der Waals surface area contributed by atoms with Gasteiger partial charge in [0.2, 0.25) is 5.91 Å². The quantitative estimate of drug-likeness (QED) is 0.254. The van der Waals surface area contributed by atoms with Crippen LogP contribution in [0.25, 0.3) is 0 Å². The van der Waals surface area contributed by atoms with Crippen LogP contribution in [0, 0.1) is 0 Å². The summed E-state index contributed by atoms with van der Waals surface area (Å²) in [6.45, 7) is 21.7. The molecule has 2 aliphatic rings. The van der Waals surface area contributed by atoms with Crippen LogP contribution in [-0.2, 0) is 37.4 Å². The molecule has 1 fully saturated rings. The van der Waals surface area contributed by atoms with Gasteiger partial charge < -0.3 is 23.6 Å². The second-order valence-corrected chi connectivity index (χ2v) is 24.5. The van der Waals surface area contributed by atoms with Gasteiger partial charge in [-0.3, -0.25) is 4.79 Å². The molecule has 0 aliphatic carbocycles. The molecule has 2 unspecified atom stereocenters. The van der Waals surface area contributed by atoms with Gasteiger partial charge in [-0.05, 0) is 36.3 Å². The second kappa shape index (κ2) is 11.0. The normalized spacial score (nSPS) is 26.7. The van der Waals surface area contributed by atoms with Gasteiger partial charge in [-0.1, -0.05) is 46.8 Å². The van der Waals surface area contributed by atoms with Crippen LogP contribution in [0.1, 0.15) is 65.2 Å². The molecule has 13 nitrogen and oxygen atoms in total. The Labute approximate surface area is 244 Å². The minimum atomic E-state index is -4.27. The van der Waals surface area contributed by atoms with Crippen molar-refractivity contribution in [2.75, 3.05) is 13.7 Å². The highest BCUT2D eigenvalue weighted by molar-refractivity contribution is 7.90. The van der Waals surface area contributed by atoms with E-state index in [-0.39, 0.29) is 28.1 Å². The molecule has 0 aromatic carbocycles. The summed E-state index contributed by atoms with van der Waals surface area (Å²) in [5.41, 5.74) is -1.92. The van der Waals surface area contributed by atoms with Gasteiger partial charge >= 0.3 is 5.97 Å². The number of aromatic nitrogens is 3. The van der Waals surface area contributed by atoms with Gasteiger partial charge in [0.25, 0.3) is 10.1 Å². The van der Waals surface area contributed by atoms with Crippen molar-refractivity contribution in [3.8, 4) is 0 Å². The lowest BCUT2D eigenvalue weighted by Gasteiger charge is -2.44. The Morgan fingerprint density at radius 2 is 1.68 bits per heavy atom. The summed E-state index contributed by atoms with van der Waals surface area (Å²) in [7, 11) is -8.09. The Hall–Kier alpha value is -1.96. The minimum Gasteiger partial charge on any atom is -0.464 e. The lowest BCUT2D eigenvalue weighted by molar-refractivity contribution is -0.119. The molecule has 1 saturated heterocycles. The van der Waals surface area contributed by atoms with Crippen molar-refractivity contribution in [3.63, 3.8) is 0 Å².